The summed E-state index contributed by atoms with van der Waals surface area (Å²) in [7, 11) is 3.97. The summed E-state index contributed by atoms with van der Waals surface area (Å²) in [5.74, 6) is 0.0697. The lowest BCUT2D eigenvalue weighted by atomic mass is 10.0. The summed E-state index contributed by atoms with van der Waals surface area (Å²) in [6, 6.07) is 15.3. The number of carbonyl (C=O) groups is 1. The van der Waals surface area contributed by atoms with E-state index in [1.807, 2.05) is 74.4 Å². The van der Waals surface area contributed by atoms with Gasteiger partial charge in [-0.1, -0.05) is 29.8 Å². The summed E-state index contributed by atoms with van der Waals surface area (Å²) in [5, 5.41) is 0. The van der Waals surface area contributed by atoms with Crippen LogP contribution in [0.25, 0.3) is 0 Å². The number of benzene rings is 2. The molecule has 0 heterocycles. The Bertz CT molecular complexity index is 538. The van der Waals surface area contributed by atoms with Crippen LogP contribution in [0.1, 0.15) is 21.5 Å². The molecule has 0 atom stereocenters. The molecule has 2 aromatic rings. The summed E-state index contributed by atoms with van der Waals surface area (Å²) in [4.78, 5) is 14.2. The molecule has 0 N–H and O–H groups in total. The molecule has 0 bridgehead atoms. The Kier molecular flexibility index (Phi) is 3.47. The Hall–Kier alpha value is -2.09. The zero-order valence-corrected chi connectivity index (χ0v) is 11.0. The van der Waals surface area contributed by atoms with Crippen LogP contribution in [-0.2, 0) is 0 Å². The number of hydrogen-bond acceptors (Lipinski definition) is 2. The summed E-state index contributed by atoms with van der Waals surface area (Å²) in [6.45, 7) is 2.01. The van der Waals surface area contributed by atoms with E-state index in [2.05, 4.69) is 0 Å². The van der Waals surface area contributed by atoms with Crippen LogP contribution >= 0.6 is 0 Å². The molecular formula is C16H17NO. The van der Waals surface area contributed by atoms with Gasteiger partial charge in [-0.05, 0) is 31.2 Å². The van der Waals surface area contributed by atoms with Crippen molar-refractivity contribution in [1.82, 2.24) is 0 Å². The van der Waals surface area contributed by atoms with Crippen molar-refractivity contribution in [3.05, 3.63) is 65.2 Å². The van der Waals surface area contributed by atoms with E-state index in [4.69, 9.17) is 0 Å². The van der Waals surface area contributed by atoms with Crippen molar-refractivity contribution in [2.24, 2.45) is 0 Å². The topological polar surface area (TPSA) is 20.3 Å². The first-order valence-corrected chi connectivity index (χ1v) is 5.96. The molecule has 0 radical (unpaired) electrons. The number of rotatable bonds is 3. The van der Waals surface area contributed by atoms with E-state index in [0.717, 1.165) is 22.4 Å². The van der Waals surface area contributed by atoms with Crippen molar-refractivity contribution in [1.29, 1.82) is 0 Å². The highest BCUT2D eigenvalue weighted by atomic mass is 16.1. The van der Waals surface area contributed by atoms with Crippen molar-refractivity contribution in [3.63, 3.8) is 0 Å². The minimum absolute atomic E-state index is 0.0697. The minimum atomic E-state index is 0.0697. The van der Waals surface area contributed by atoms with E-state index in [1.54, 1.807) is 0 Å². The van der Waals surface area contributed by atoms with Gasteiger partial charge in [-0.2, -0.15) is 0 Å². The number of ketones is 1. The third-order valence-corrected chi connectivity index (χ3v) is 2.96. The van der Waals surface area contributed by atoms with E-state index in [0.29, 0.717) is 0 Å². The van der Waals surface area contributed by atoms with E-state index in [-0.39, 0.29) is 5.78 Å². The molecular weight excluding hydrogens is 222 g/mol. The second kappa shape index (κ2) is 5.05. The molecule has 18 heavy (non-hydrogen) atoms. The Morgan fingerprint density at radius 3 is 1.72 bits per heavy atom. The van der Waals surface area contributed by atoms with Gasteiger partial charge in [0, 0.05) is 30.9 Å². The lowest BCUT2D eigenvalue weighted by Gasteiger charge is -2.12. The molecule has 0 fully saturated rings. The van der Waals surface area contributed by atoms with Crippen LogP contribution in [0.2, 0.25) is 0 Å². The Balaban J connectivity index is 2.26. The van der Waals surface area contributed by atoms with E-state index >= 15 is 0 Å². The Labute approximate surface area is 108 Å². The predicted octanol–water partition coefficient (Wildman–Crippen LogP) is 3.29. The molecule has 2 rings (SSSR count). The van der Waals surface area contributed by atoms with Gasteiger partial charge < -0.3 is 4.90 Å². The number of carbonyl (C=O) groups excluding carboxylic acids is 1. The van der Waals surface area contributed by atoms with Gasteiger partial charge in [0.05, 0.1) is 0 Å². The maximum Gasteiger partial charge on any atom is 0.193 e. The molecule has 0 aliphatic carbocycles. The third-order valence-electron chi connectivity index (χ3n) is 2.96. The van der Waals surface area contributed by atoms with Gasteiger partial charge in [-0.15, -0.1) is 0 Å². The Morgan fingerprint density at radius 2 is 1.28 bits per heavy atom. The molecule has 0 aromatic heterocycles. The van der Waals surface area contributed by atoms with Gasteiger partial charge in [0.1, 0.15) is 0 Å². The summed E-state index contributed by atoms with van der Waals surface area (Å²) in [5.41, 5.74) is 3.72. The van der Waals surface area contributed by atoms with Crippen LogP contribution in [-0.4, -0.2) is 19.9 Å². The third kappa shape index (κ3) is 2.59. The van der Waals surface area contributed by atoms with Gasteiger partial charge >= 0.3 is 0 Å². The lowest BCUT2D eigenvalue weighted by Crippen LogP contribution is -2.09. The molecule has 0 amide bonds. The van der Waals surface area contributed by atoms with Crippen LogP contribution in [0.15, 0.2) is 48.5 Å². The van der Waals surface area contributed by atoms with E-state index in [9.17, 15) is 4.79 Å². The second-order valence-electron chi connectivity index (χ2n) is 4.64. The number of aryl methyl sites for hydroxylation is 1. The second-order valence-corrected chi connectivity index (χ2v) is 4.64. The van der Waals surface area contributed by atoms with Gasteiger partial charge in [-0.3, -0.25) is 4.79 Å². The lowest BCUT2D eigenvalue weighted by molar-refractivity contribution is 0.103. The standard InChI is InChI=1S/C16H17NO/c1-12-4-6-13(7-5-12)16(18)14-8-10-15(11-9-14)17(2)3/h4-11H,1-3H3. The zero-order chi connectivity index (χ0) is 13.1. The fourth-order valence-electron chi connectivity index (χ4n) is 1.78. The molecule has 2 aromatic carbocycles. The molecule has 2 nitrogen and oxygen atoms in total. The maximum absolute atomic E-state index is 12.2. The van der Waals surface area contributed by atoms with Gasteiger partial charge in [-0.25, -0.2) is 0 Å². The Morgan fingerprint density at radius 1 is 0.833 bits per heavy atom. The fraction of sp³-hybridized carbons (Fsp3) is 0.188. The van der Waals surface area contributed by atoms with Crippen molar-refractivity contribution in [2.45, 2.75) is 6.92 Å². The minimum Gasteiger partial charge on any atom is -0.378 e. The van der Waals surface area contributed by atoms with Crippen molar-refractivity contribution in [2.75, 3.05) is 19.0 Å². The van der Waals surface area contributed by atoms with Crippen LogP contribution in [0, 0.1) is 6.92 Å². The molecule has 2 heteroatoms. The smallest absolute Gasteiger partial charge is 0.193 e. The van der Waals surface area contributed by atoms with Crippen LogP contribution < -0.4 is 4.90 Å². The first-order chi connectivity index (χ1) is 8.58. The molecule has 0 unspecified atom stereocenters. The highest BCUT2D eigenvalue weighted by Gasteiger charge is 2.08. The zero-order valence-electron chi connectivity index (χ0n) is 11.0. The SMILES string of the molecule is Cc1ccc(C(=O)c2ccc(N(C)C)cc2)cc1. The van der Waals surface area contributed by atoms with Crippen LogP contribution in [0.5, 0.6) is 0 Å². The van der Waals surface area contributed by atoms with Crippen LogP contribution in [0.4, 0.5) is 5.69 Å². The van der Waals surface area contributed by atoms with E-state index in [1.165, 1.54) is 0 Å². The quantitative estimate of drug-likeness (QED) is 0.766. The normalized spacial score (nSPS) is 10.2. The van der Waals surface area contributed by atoms with E-state index < -0.39 is 0 Å². The average molecular weight is 239 g/mol. The largest absolute Gasteiger partial charge is 0.378 e. The summed E-state index contributed by atoms with van der Waals surface area (Å²) < 4.78 is 0. The van der Waals surface area contributed by atoms with Crippen molar-refractivity contribution in [3.8, 4) is 0 Å². The maximum atomic E-state index is 12.2. The molecule has 92 valence electrons. The monoisotopic (exact) mass is 239 g/mol. The van der Waals surface area contributed by atoms with Gasteiger partial charge in [0.2, 0.25) is 0 Å². The van der Waals surface area contributed by atoms with Gasteiger partial charge in [0.15, 0.2) is 5.78 Å². The van der Waals surface area contributed by atoms with Gasteiger partial charge in [0.25, 0.3) is 0 Å². The molecule has 0 saturated carbocycles. The molecule has 0 saturated heterocycles. The molecule has 0 aliphatic rings. The number of hydrogen-bond donors (Lipinski definition) is 0. The van der Waals surface area contributed by atoms with Crippen molar-refractivity contribution < 1.29 is 4.79 Å². The molecule has 0 aliphatic heterocycles. The van der Waals surface area contributed by atoms with Crippen molar-refractivity contribution >= 4 is 11.5 Å². The first kappa shape index (κ1) is 12.4. The number of anilines is 1. The highest BCUT2D eigenvalue weighted by molar-refractivity contribution is 6.09. The summed E-state index contributed by atoms with van der Waals surface area (Å²) in [6.07, 6.45) is 0. The summed E-state index contributed by atoms with van der Waals surface area (Å²) >= 11 is 0. The first-order valence-electron chi connectivity index (χ1n) is 5.96. The fourth-order valence-corrected chi connectivity index (χ4v) is 1.78. The molecule has 0 spiro atoms. The number of nitrogens with zero attached hydrogens (tertiary/aromatic N) is 1. The predicted molar refractivity (Wildman–Crippen MR) is 75.4 cm³/mol. The highest BCUT2D eigenvalue weighted by Crippen LogP contribution is 2.15. The average Bonchev–Trinajstić information content (AvgIpc) is 2.39. The van der Waals surface area contributed by atoms with Crippen LogP contribution in [0.3, 0.4) is 0 Å².